The summed E-state index contributed by atoms with van der Waals surface area (Å²) in [5.74, 6) is 1.61. The third-order valence-electron chi connectivity index (χ3n) is 5.62. The SMILES string of the molecule is CC(C)c1nccn1CCCn1cncc1-c1cnn(C2CCCCC2)c1. The van der Waals surface area contributed by atoms with Crippen LogP contribution in [0.3, 0.4) is 0 Å². The quantitative estimate of drug-likeness (QED) is 0.611. The van der Waals surface area contributed by atoms with E-state index in [0.29, 0.717) is 12.0 Å². The largest absolute Gasteiger partial charge is 0.335 e. The van der Waals surface area contributed by atoms with Crippen molar-refractivity contribution in [1.29, 1.82) is 0 Å². The maximum Gasteiger partial charge on any atom is 0.111 e. The van der Waals surface area contributed by atoms with E-state index in [0.717, 1.165) is 31.0 Å². The van der Waals surface area contributed by atoms with Gasteiger partial charge in [0.05, 0.1) is 30.5 Å². The average Bonchev–Trinajstić information content (AvgIpc) is 3.42. The minimum atomic E-state index is 0.453. The average molecular weight is 367 g/mol. The molecule has 6 heteroatoms. The normalized spacial score (nSPS) is 15.7. The molecule has 3 aromatic rings. The van der Waals surface area contributed by atoms with Crippen LogP contribution in [0.2, 0.25) is 0 Å². The predicted octanol–water partition coefficient (Wildman–Crippen LogP) is 4.66. The van der Waals surface area contributed by atoms with Crippen molar-refractivity contribution in [1.82, 2.24) is 28.9 Å². The number of nitrogens with zero attached hydrogens (tertiary/aromatic N) is 6. The summed E-state index contributed by atoms with van der Waals surface area (Å²) in [4.78, 5) is 8.86. The van der Waals surface area contributed by atoms with Gasteiger partial charge in [-0.15, -0.1) is 0 Å². The number of hydrogen-bond acceptors (Lipinski definition) is 3. The Morgan fingerprint density at radius 1 is 1.07 bits per heavy atom. The molecule has 4 rings (SSSR count). The van der Waals surface area contributed by atoms with E-state index in [4.69, 9.17) is 0 Å². The summed E-state index contributed by atoms with van der Waals surface area (Å²) in [6.45, 7) is 6.31. The Hall–Kier alpha value is -2.37. The highest BCUT2D eigenvalue weighted by Crippen LogP contribution is 2.29. The molecule has 3 aromatic heterocycles. The van der Waals surface area contributed by atoms with Gasteiger partial charge in [-0.25, -0.2) is 9.97 Å². The summed E-state index contributed by atoms with van der Waals surface area (Å²) in [7, 11) is 0. The Bertz CT molecular complexity index is 850. The predicted molar refractivity (Wildman–Crippen MR) is 107 cm³/mol. The van der Waals surface area contributed by atoms with Crippen molar-refractivity contribution in [3.8, 4) is 11.3 Å². The fourth-order valence-corrected chi connectivity index (χ4v) is 4.18. The maximum atomic E-state index is 4.65. The van der Waals surface area contributed by atoms with Crippen molar-refractivity contribution in [3.63, 3.8) is 0 Å². The first kappa shape index (κ1) is 18.0. The third kappa shape index (κ3) is 3.99. The van der Waals surface area contributed by atoms with Crippen LogP contribution < -0.4 is 0 Å². The molecule has 0 atom stereocenters. The zero-order valence-electron chi connectivity index (χ0n) is 16.5. The van der Waals surface area contributed by atoms with Crippen LogP contribution in [-0.2, 0) is 13.1 Å². The summed E-state index contributed by atoms with van der Waals surface area (Å²) in [5, 5.41) is 4.65. The monoisotopic (exact) mass is 366 g/mol. The van der Waals surface area contributed by atoms with Crippen molar-refractivity contribution in [3.05, 3.63) is 43.1 Å². The summed E-state index contributed by atoms with van der Waals surface area (Å²) in [5.41, 5.74) is 2.33. The number of imidazole rings is 2. The standard InChI is InChI=1S/C21H30N6/c1-17(2)21-23-9-12-25(21)10-6-11-26-16-22-14-20(26)18-13-24-27(15-18)19-7-4-3-5-8-19/h9,12-17,19H,3-8,10-11H2,1-2H3. The molecule has 1 saturated carbocycles. The van der Waals surface area contributed by atoms with Crippen molar-refractivity contribution < 1.29 is 0 Å². The topological polar surface area (TPSA) is 53.5 Å². The number of hydrogen-bond donors (Lipinski definition) is 0. The minimum absolute atomic E-state index is 0.453. The smallest absolute Gasteiger partial charge is 0.111 e. The molecular weight excluding hydrogens is 336 g/mol. The molecule has 0 saturated heterocycles. The molecule has 0 N–H and O–H groups in total. The van der Waals surface area contributed by atoms with Gasteiger partial charge in [0.2, 0.25) is 0 Å². The first-order valence-corrected chi connectivity index (χ1v) is 10.3. The second-order valence-corrected chi connectivity index (χ2v) is 7.96. The van der Waals surface area contributed by atoms with Gasteiger partial charge in [0.15, 0.2) is 0 Å². The van der Waals surface area contributed by atoms with Gasteiger partial charge in [-0.1, -0.05) is 33.1 Å². The lowest BCUT2D eigenvalue weighted by Gasteiger charge is -2.21. The molecule has 6 nitrogen and oxygen atoms in total. The van der Waals surface area contributed by atoms with Crippen molar-refractivity contribution >= 4 is 0 Å². The Morgan fingerprint density at radius 3 is 2.70 bits per heavy atom. The van der Waals surface area contributed by atoms with E-state index >= 15 is 0 Å². The summed E-state index contributed by atoms with van der Waals surface area (Å²) in [6.07, 6.45) is 19.6. The van der Waals surface area contributed by atoms with Gasteiger partial charge in [-0.05, 0) is 19.3 Å². The molecule has 0 radical (unpaired) electrons. The van der Waals surface area contributed by atoms with E-state index in [2.05, 4.69) is 55.1 Å². The van der Waals surface area contributed by atoms with Gasteiger partial charge < -0.3 is 9.13 Å². The molecule has 0 amide bonds. The number of rotatable bonds is 7. The molecule has 144 valence electrons. The Morgan fingerprint density at radius 2 is 1.89 bits per heavy atom. The highest BCUT2D eigenvalue weighted by Gasteiger charge is 2.17. The van der Waals surface area contributed by atoms with Crippen LogP contribution in [0.15, 0.2) is 37.3 Å². The maximum absolute atomic E-state index is 4.65. The lowest BCUT2D eigenvalue weighted by atomic mass is 9.96. The number of aromatic nitrogens is 6. The number of aryl methyl sites for hydroxylation is 2. The summed E-state index contributed by atoms with van der Waals surface area (Å²) >= 11 is 0. The highest BCUT2D eigenvalue weighted by atomic mass is 15.3. The van der Waals surface area contributed by atoms with Crippen LogP contribution in [0.1, 0.15) is 70.2 Å². The highest BCUT2D eigenvalue weighted by molar-refractivity contribution is 5.56. The van der Waals surface area contributed by atoms with E-state index < -0.39 is 0 Å². The zero-order chi connectivity index (χ0) is 18.6. The van der Waals surface area contributed by atoms with E-state index in [-0.39, 0.29) is 0 Å². The zero-order valence-corrected chi connectivity index (χ0v) is 16.5. The molecular formula is C21H30N6. The third-order valence-corrected chi connectivity index (χ3v) is 5.62. The van der Waals surface area contributed by atoms with Gasteiger partial charge in [-0.3, -0.25) is 4.68 Å². The van der Waals surface area contributed by atoms with Gasteiger partial charge >= 0.3 is 0 Å². The van der Waals surface area contributed by atoms with E-state index in [9.17, 15) is 0 Å². The lowest BCUT2D eigenvalue weighted by molar-refractivity contribution is 0.329. The molecule has 0 spiro atoms. The van der Waals surface area contributed by atoms with Crippen LogP contribution in [0, 0.1) is 0 Å². The minimum Gasteiger partial charge on any atom is -0.335 e. The Kier molecular flexibility index (Phi) is 5.41. The van der Waals surface area contributed by atoms with E-state index in [1.165, 1.54) is 37.7 Å². The summed E-state index contributed by atoms with van der Waals surface area (Å²) < 4.78 is 6.68. The molecule has 1 aliphatic rings. The fraction of sp³-hybridized carbons (Fsp3) is 0.571. The first-order chi connectivity index (χ1) is 13.2. The van der Waals surface area contributed by atoms with E-state index in [1.54, 1.807) is 0 Å². The van der Waals surface area contributed by atoms with E-state index in [1.807, 2.05) is 24.9 Å². The van der Waals surface area contributed by atoms with Gasteiger partial charge in [0.25, 0.3) is 0 Å². The molecule has 1 aliphatic carbocycles. The summed E-state index contributed by atoms with van der Waals surface area (Å²) in [6, 6.07) is 0.569. The van der Waals surface area contributed by atoms with Gasteiger partial charge in [-0.2, -0.15) is 5.10 Å². The molecule has 0 aliphatic heterocycles. The molecule has 27 heavy (non-hydrogen) atoms. The fourth-order valence-electron chi connectivity index (χ4n) is 4.18. The second kappa shape index (κ2) is 8.11. The first-order valence-electron chi connectivity index (χ1n) is 10.3. The molecule has 3 heterocycles. The van der Waals surface area contributed by atoms with Crippen LogP contribution in [-0.4, -0.2) is 28.9 Å². The van der Waals surface area contributed by atoms with Crippen molar-refractivity contribution in [2.45, 2.75) is 77.4 Å². The van der Waals surface area contributed by atoms with Crippen LogP contribution in [0.4, 0.5) is 0 Å². The van der Waals surface area contributed by atoms with Gasteiger partial charge in [0, 0.05) is 43.2 Å². The van der Waals surface area contributed by atoms with Crippen LogP contribution >= 0.6 is 0 Å². The lowest BCUT2D eigenvalue weighted by Crippen LogP contribution is -2.12. The van der Waals surface area contributed by atoms with Crippen LogP contribution in [0.5, 0.6) is 0 Å². The molecule has 1 fully saturated rings. The second-order valence-electron chi connectivity index (χ2n) is 7.96. The van der Waals surface area contributed by atoms with Gasteiger partial charge in [0.1, 0.15) is 5.82 Å². The Labute approximate surface area is 161 Å². The Balaban J connectivity index is 1.41. The van der Waals surface area contributed by atoms with Crippen LogP contribution in [0.25, 0.3) is 11.3 Å². The molecule has 0 bridgehead atoms. The van der Waals surface area contributed by atoms with Crippen molar-refractivity contribution in [2.75, 3.05) is 0 Å². The molecule has 0 aromatic carbocycles. The molecule has 0 unspecified atom stereocenters. The van der Waals surface area contributed by atoms with Crippen molar-refractivity contribution in [2.24, 2.45) is 0 Å².